The van der Waals surface area contributed by atoms with Gasteiger partial charge in [0.25, 0.3) is 0 Å². The molecule has 112 valence electrons. The SMILES string of the molecule is CCC(NC(C)C(=O)NC(C)C)c1ccccc1OC. The molecule has 0 aromatic heterocycles. The lowest BCUT2D eigenvalue weighted by molar-refractivity contribution is -0.123. The number of carbonyl (C=O) groups excluding carboxylic acids is 1. The van der Waals surface area contributed by atoms with E-state index in [1.807, 2.05) is 45.0 Å². The fourth-order valence-electron chi connectivity index (χ4n) is 2.17. The van der Waals surface area contributed by atoms with Crippen LogP contribution in [0.4, 0.5) is 0 Å². The molecule has 0 saturated heterocycles. The van der Waals surface area contributed by atoms with Crippen LogP contribution in [-0.4, -0.2) is 25.1 Å². The Morgan fingerprint density at radius 1 is 1.25 bits per heavy atom. The molecule has 1 aromatic rings. The largest absolute Gasteiger partial charge is 0.496 e. The zero-order valence-corrected chi connectivity index (χ0v) is 13.1. The Kier molecular flexibility index (Phi) is 6.52. The average molecular weight is 278 g/mol. The van der Waals surface area contributed by atoms with Crippen LogP contribution in [0.5, 0.6) is 5.75 Å². The molecule has 2 unspecified atom stereocenters. The van der Waals surface area contributed by atoms with Gasteiger partial charge in [0.05, 0.1) is 13.2 Å². The maximum Gasteiger partial charge on any atom is 0.237 e. The summed E-state index contributed by atoms with van der Waals surface area (Å²) in [4.78, 5) is 12.0. The van der Waals surface area contributed by atoms with Crippen LogP contribution in [0.15, 0.2) is 24.3 Å². The molecule has 0 aliphatic rings. The van der Waals surface area contributed by atoms with Gasteiger partial charge in [0.2, 0.25) is 5.91 Å². The Balaban J connectivity index is 2.79. The molecule has 0 heterocycles. The van der Waals surface area contributed by atoms with E-state index in [1.165, 1.54) is 0 Å². The van der Waals surface area contributed by atoms with Crippen molar-refractivity contribution in [2.75, 3.05) is 7.11 Å². The minimum Gasteiger partial charge on any atom is -0.496 e. The second kappa shape index (κ2) is 7.90. The van der Waals surface area contributed by atoms with Gasteiger partial charge in [-0.2, -0.15) is 0 Å². The number of hydrogen-bond donors (Lipinski definition) is 2. The topological polar surface area (TPSA) is 50.4 Å². The standard InChI is InChI=1S/C16H26N2O2/c1-6-14(13-9-7-8-10-15(13)20-5)18-12(4)16(19)17-11(2)3/h7-12,14,18H,6H2,1-5H3,(H,17,19). The van der Waals surface area contributed by atoms with Crippen LogP contribution in [0.2, 0.25) is 0 Å². The van der Waals surface area contributed by atoms with Gasteiger partial charge in [0.1, 0.15) is 5.75 Å². The number of benzene rings is 1. The molecule has 20 heavy (non-hydrogen) atoms. The molecule has 2 N–H and O–H groups in total. The van der Waals surface area contributed by atoms with Gasteiger partial charge in [-0.05, 0) is 33.3 Å². The fourth-order valence-corrected chi connectivity index (χ4v) is 2.17. The zero-order valence-electron chi connectivity index (χ0n) is 13.1. The van der Waals surface area contributed by atoms with E-state index in [0.717, 1.165) is 17.7 Å². The molecule has 1 aromatic carbocycles. The van der Waals surface area contributed by atoms with E-state index in [9.17, 15) is 4.79 Å². The molecule has 0 aliphatic heterocycles. The Bertz CT molecular complexity index is 432. The average Bonchev–Trinajstić information content (AvgIpc) is 2.43. The first-order valence-electron chi connectivity index (χ1n) is 7.18. The summed E-state index contributed by atoms with van der Waals surface area (Å²) in [7, 11) is 1.67. The van der Waals surface area contributed by atoms with Gasteiger partial charge in [-0.3, -0.25) is 10.1 Å². The number of methoxy groups -OCH3 is 1. The van der Waals surface area contributed by atoms with Crippen molar-refractivity contribution in [2.45, 2.75) is 52.2 Å². The summed E-state index contributed by atoms with van der Waals surface area (Å²) in [6, 6.07) is 7.92. The van der Waals surface area contributed by atoms with E-state index in [0.29, 0.717) is 0 Å². The Morgan fingerprint density at radius 2 is 1.90 bits per heavy atom. The Hall–Kier alpha value is -1.55. The molecule has 0 aliphatic carbocycles. The number of rotatable bonds is 7. The Morgan fingerprint density at radius 3 is 2.45 bits per heavy atom. The molecule has 2 atom stereocenters. The summed E-state index contributed by atoms with van der Waals surface area (Å²) < 4.78 is 5.39. The number of ether oxygens (including phenoxy) is 1. The van der Waals surface area contributed by atoms with Crippen molar-refractivity contribution in [1.82, 2.24) is 10.6 Å². The van der Waals surface area contributed by atoms with Crippen LogP contribution in [0.25, 0.3) is 0 Å². The smallest absolute Gasteiger partial charge is 0.237 e. The lowest BCUT2D eigenvalue weighted by Gasteiger charge is -2.24. The molecule has 4 nitrogen and oxygen atoms in total. The molecule has 1 amide bonds. The number of hydrogen-bond acceptors (Lipinski definition) is 3. The second-order valence-corrected chi connectivity index (χ2v) is 5.25. The molecule has 0 spiro atoms. The maximum absolute atomic E-state index is 12.0. The van der Waals surface area contributed by atoms with E-state index in [1.54, 1.807) is 7.11 Å². The second-order valence-electron chi connectivity index (χ2n) is 5.25. The summed E-state index contributed by atoms with van der Waals surface area (Å²) in [5.74, 6) is 0.872. The summed E-state index contributed by atoms with van der Waals surface area (Å²) in [6.07, 6.45) is 0.889. The van der Waals surface area contributed by atoms with Gasteiger partial charge in [-0.25, -0.2) is 0 Å². The fraction of sp³-hybridized carbons (Fsp3) is 0.562. The van der Waals surface area contributed by atoms with Gasteiger partial charge in [-0.1, -0.05) is 25.1 Å². The maximum atomic E-state index is 12.0. The first-order chi connectivity index (χ1) is 9.49. The highest BCUT2D eigenvalue weighted by Gasteiger charge is 2.20. The third kappa shape index (κ3) is 4.53. The van der Waals surface area contributed by atoms with Crippen LogP contribution in [0.3, 0.4) is 0 Å². The van der Waals surface area contributed by atoms with Crippen molar-refractivity contribution < 1.29 is 9.53 Å². The lowest BCUT2D eigenvalue weighted by Crippen LogP contribution is -2.45. The molecular formula is C16H26N2O2. The highest BCUT2D eigenvalue weighted by Crippen LogP contribution is 2.27. The van der Waals surface area contributed by atoms with Crippen LogP contribution in [0.1, 0.15) is 45.7 Å². The van der Waals surface area contributed by atoms with E-state index < -0.39 is 0 Å². The zero-order chi connectivity index (χ0) is 15.1. The molecule has 0 fully saturated rings. The molecular weight excluding hydrogens is 252 g/mol. The van der Waals surface area contributed by atoms with E-state index in [2.05, 4.69) is 17.6 Å². The summed E-state index contributed by atoms with van der Waals surface area (Å²) in [5.41, 5.74) is 1.08. The van der Waals surface area contributed by atoms with Gasteiger partial charge in [0.15, 0.2) is 0 Å². The quantitative estimate of drug-likeness (QED) is 0.806. The van der Waals surface area contributed by atoms with Crippen LogP contribution in [0, 0.1) is 0 Å². The van der Waals surface area contributed by atoms with Crippen molar-refractivity contribution in [3.63, 3.8) is 0 Å². The van der Waals surface area contributed by atoms with Crippen LogP contribution in [-0.2, 0) is 4.79 Å². The molecule has 1 rings (SSSR count). The van der Waals surface area contributed by atoms with Crippen LogP contribution < -0.4 is 15.4 Å². The van der Waals surface area contributed by atoms with Crippen molar-refractivity contribution in [3.05, 3.63) is 29.8 Å². The minimum absolute atomic E-state index is 0.0216. The van der Waals surface area contributed by atoms with Crippen molar-refractivity contribution >= 4 is 5.91 Å². The Labute approximate surface area is 121 Å². The van der Waals surface area contributed by atoms with Crippen molar-refractivity contribution in [3.8, 4) is 5.75 Å². The van der Waals surface area contributed by atoms with Crippen molar-refractivity contribution in [2.24, 2.45) is 0 Å². The number of amides is 1. The normalized spacial score (nSPS) is 13.9. The summed E-state index contributed by atoms with van der Waals surface area (Å²) >= 11 is 0. The lowest BCUT2D eigenvalue weighted by atomic mass is 10.0. The third-order valence-corrected chi connectivity index (χ3v) is 3.20. The van der Waals surface area contributed by atoms with Crippen LogP contribution >= 0.6 is 0 Å². The predicted molar refractivity (Wildman–Crippen MR) is 81.9 cm³/mol. The highest BCUT2D eigenvalue weighted by molar-refractivity contribution is 5.81. The monoisotopic (exact) mass is 278 g/mol. The van der Waals surface area contributed by atoms with E-state index >= 15 is 0 Å². The predicted octanol–water partition coefficient (Wildman–Crippen LogP) is 2.65. The van der Waals surface area contributed by atoms with Gasteiger partial charge in [0, 0.05) is 17.6 Å². The van der Waals surface area contributed by atoms with Gasteiger partial charge in [-0.15, -0.1) is 0 Å². The third-order valence-electron chi connectivity index (χ3n) is 3.20. The minimum atomic E-state index is -0.243. The number of para-hydroxylation sites is 1. The van der Waals surface area contributed by atoms with Gasteiger partial charge < -0.3 is 10.1 Å². The number of carbonyl (C=O) groups is 1. The van der Waals surface area contributed by atoms with E-state index in [-0.39, 0.29) is 24.0 Å². The molecule has 0 bridgehead atoms. The highest BCUT2D eigenvalue weighted by atomic mass is 16.5. The summed E-state index contributed by atoms with van der Waals surface area (Å²) in [6.45, 7) is 7.90. The first kappa shape index (κ1) is 16.5. The molecule has 4 heteroatoms. The molecule has 0 saturated carbocycles. The van der Waals surface area contributed by atoms with Crippen molar-refractivity contribution in [1.29, 1.82) is 0 Å². The van der Waals surface area contributed by atoms with Gasteiger partial charge >= 0.3 is 0 Å². The first-order valence-corrected chi connectivity index (χ1v) is 7.18. The van der Waals surface area contributed by atoms with E-state index in [4.69, 9.17) is 4.74 Å². The summed E-state index contributed by atoms with van der Waals surface area (Å²) in [5, 5.41) is 6.29. The number of nitrogens with one attached hydrogen (secondary N) is 2. The molecule has 0 radical (unpaired) electrons.